The van der Waals surface area contributed by atoms with Crippen LogP contribution in [0.4, 0.5) is 0 Å². The highest BCUT2D eigenvalue weighted by Crippen LogP contribution is 2.34. The monoisotopic (exact) mass is 477 g/mol. The Kier molecular flexibility index (Phi) is 8.63. The van der Waals surface area contributed by atoms with Crippen molar-refractivity contribution in [1.29, 1.82) is 0 Å². The first-order valence-corrected chi connectivity index (χ1v) is 11.7. The van der Waals surface area contributed by atoms with Gasteiger partial charge in [0.2, 0.25) is 0 Å². The van der Waals surface area contributed by atoms with E-state index in [9.17, 15) is 4.79 Å². The first-order valence-electron chi connectivity index (χ1n) is 10.1. The third-order valence-corrected chi connectivity index (χ3v) is 6.09. The molecule has 0 unspecified atom stereocenters. The number of amides is 1. The van der Waals surface area contributed by atoms with Crippen LogP contribution in [-0.4, -0.2) is 41.5 Å². The Hall–Kier alpha value is -2.22. The molecule has 0 spiro atoms. The quantitative estimate of drug-likeness (QED) is 0.244. The summed E-state index contributed by atoms with van der Waals surface area (Å²) in [6.07, 6.45) is 2.52. The summed E-state index contributed by atoms with van der Waals surface area (Å²) in [7, 11) is 0. The maximum atomic E-state index is 12.4. The summed E-state index contributed by atoms with van der Waals surface area (Å²) in [5, 5.41) is 0.591. The molecule has 1 aliphatic heterocycles. The number of thioether (sulfide) groups is 1. The van der Waals surface area contributed by atoms with Crippen molar-refractivity contribution in [3.8, 4) is 17.2 Å². The van der Waals surface area contributed by atoms with E-state index in [1.165, 1.54) is 11.8 Å². The van der Waals surface area contributed by atoms with E-state index >= 15 is 0 Å². The van der Waals surface area contributed by atoms with Gasteiger partial charge in [-0.1, -0.05) is 53.8 Å². The second-order valence-corrected chi connectivity index (χ2v) is 8.63. The van der Waals surface area contributed by atoms with Crippen LogP contribution >= 0.6 is 35.6 Å². The molecule has 164 valence electrons. The van der Waals surface area contributed by atoms with Crippen LogP contribution in [0, 0.1) is 0 Å². The Bertz CT molecular complexity index is 980. The zero-order valence-electron chi connectivity index (χ0n) is 17.4. The van der Waals surface area contributed by atoms with Crippen LogP contribution in [-0.2, 0) is 4.79 Å². The minimum Gasteiger partial charge on any atom is -0.492 e. The van der Waals surface area contributed by atoms with E-state index in [4.69, 9.17) is 38.0 Å². The van der Waals surface area contributed by atoms with E-state index in [2.05, 4.69) is 0 Å². The van der Waals surface area contributed by atoms with Gasteiger partial charge in [-0.15, -0.1) is 0 Å². The number of thiocarbonyl (C=S) groups is 1. The predicted octanol–water partition coefficient (Wildman–Crippen LogP) is 5.81. The second kappa shape index (κ2) is 11.4. The SMILES string of the molecule is CCOc1cc(/C=C2\SC(=S)N(CC)C2=O)ccc1OCCCOc1ccccc1Cl. The molecule has 1 heterocycles. The number of nitrogens with zero attached hydrogens (tertiary/aromatic N) is 1. The molecule has 1 amide bonds. The van der Waals surface area contributed by atoms with Gasteiger partial charge in [0, 0.05) is 13.0 Å². The number of benzene rings is 2. The van der Waals surface area contributed by atoms with E-state index in [1.807, 2.05) is 56.3 Å². The van der Waals surface area contributed by atoms with Crippen molar-refractivity contribution < 1.29 is 19.0 Å². The van der Waals surface area contributed by atoms with Crippen LogP contribution in [0.25, 0.3) is 6.08 Å². The molecular formula is C23H24ClNO4S2. The van der Waals surface area contributed by atoms with Crippen molar-refractivity contribution in [3.63, 3.8) is 0 Å². The van der Waals surface area contributed by atoms with Crippen LogP contribution in [0.2, 0.25) is 5.02 Å². The van der Waals surface area contributed by atoms with Gasteiger partial charge in [-0.3, -0.25) is 9.69 Å². The van der Waals surface area contributed by atoms with Crippen LogP contribution in [0.5, 0.6) is 17.2 Å². The fraction of sp³-hybridized carbons (Fsp3) is 0.304. The van der Waals surface area contributed by atoms with Crippen molar-refractivity contribution in [2.45, 2.75) is 20.3 Å². The number of rotatable bonds is 10. The smallest absolute Gasteiger partial charge is 0.266 e. The Morgan fingerprint density at radius 3 is 2.45 bits per heavy atom. The predicted molar refractivity (Wildman–Crippen MR) is 130 cm³/mol. The molecule has 8 heteroatoms. The summed E-state index contributed by atoms with van der Waals surface area (Å²) in [5.41, 5.74) is 0.856. The van der Waals surface area contributed by atoms with Crippen LogP contribution in [0.3, 0.4) is 0 Å². The summed E-state index contributed by atoms with van der Waals surface area (Å²) in [5.74, 6) is 1.89. The topological polar surface area (TPSA) is 48.0 Å². The van der Waals surface area contributed by atoms with Crippen LogP contribution in [0.15, 0.2) is 47.4 Å². The van der Waals surface area contributed by atoms with Gasteiger partial charge in [-0.2, -0.15) is 0 Å². The zero-order valence-corrected chi connectivity index (χ0v) is 19.8. The molecule has 31 heavy (non-hydrogen) atoms. The van der Waals surface area contributed by atoms with Gasteiger partial charge in [-0.05, 0) is 49.8 Å². The first kappa shape index (κ1) is 23.4. The lowest BCUT2D eigenvalue weighted by Gasteiger charge is -2.13. The maximum absolute atomic E-state index is 12.4. The van der Waals surface area contributed by atoms with Gasteiger partial charge < -0.3 is 14.2 Å². The molecular weight excluding hydrogens is 454 g/mol. The fourth-order valence-corrected chi connectivity index (χ4v) is 4.49. The van der Waals surface area contributed by atoms with E-state index in [0.29, 0.717) is 64.3 Å². The summed E-state index contributed by atoms with van der Waals surface area (Å²) < 4.78 is 17.9. The lowest BCUT2D eigenvalue weighted by atomic mass is 10.2. The third-order valence-electron chi connectivity index (χ3n) is 4.40. The molecule has 1 saturated heterocycles. The highest BCUT2D eigenvalue weighted by Gasteiger charge is 2.30. The average molecular weight is 478 g/mol. The normalized spacial score (nSPS) is 14.9. The van der Waals surface area contributed by atoms with E-state index < -0.39 is 0 Å². The van der Waals surface area contributed by atoms with Crippen molar-refractivity contribution >= 4 is 51.9 Å². The highest BCUT2D eigenvalue weighted by atomic mass is 35.5. The standard InChI is InChI=1S/C23H24ClNO4S2/c1-3-25-22(26)21(31-23(25)30)15-16-10-11-19(20(14-16)27-4-2)29-13-7-12-28-18-9-6-5-8-17(18)24/h5-6,8-11,14-15H,3-4,7,12-13H2,1-2H3/b21-15-. The largest absolute Gasteiger partial charge is 0.492 e. The van der Waals surface area contributed by atoms with Crippen LogP contribution < -0.4 is 14.2 Å². The number of likely N-dealkylation sites (N-methyl/N-ethyl adjacent to an activating group) is 1. The van der Waals surface area contributed by atoms with Crippen molar-refractivity contribution in [2.75, 3.05) is 26.4 Å². The number of carbonyl (C=O) groups is 1. The van der Waals surface area contributed by atoms with E-state index in [0.717, 1.165) is 5.56 Å². The van der Waals surface area contributed by atoms with Gasteiger partial charge in [-0.25, -0.2) is 0 Å². The summed E-state index contributed by atoms with van der Waals surface area (Å²) >= 11 is 12.7. The van der Waals surface area contributed by atoms with Gasteiger partial charge in [0.15, 0.2) is 11.5 Å². The van der Waals surface area contributed by atoms with Gasteiger partial charge >= 0.3 is 0 Å². The van der Waals surface area contributed by atoms with Crippen LogP contribution in [0.1, 0.15) is 25.8 Å². The zero-order chi connectivity index (χ0) is 22.2. The van der Waals surface area contributed by atoms with Crippen molar-refractivity contribution in [1.82, 2.24) is 4.90 Å². The summed E-state index contributed by atoms with van der Waals surface area (Å²) in [4.78, 5) is 14.6. The molecule has 0 aromatic heterocycles. The summed E-state index contributed by atoms with van der Waals surface area (Å²) in [6.45, 7) is 5.86. The van der Waals surface area contributed by atoms with E-state index in [-0.39, 0.29) is 5.91 Å². The highest BCUT2D eigenvalue weighted by molar-refractivity contribution is 8.26. The molecule has 5 nitrogen and oxygen atoms in total. The van der Waals surface area contributed by atoms with Crippen molar-refractivity contribution in [2.24, 2.45) is 0 Å². The average Bonchev–Trinajstić information content (AvgIpc) is 3.02. The molecule has 0 aliphatic carbocycles. The molecule has 0 atom stereocenters. The molecule has 1 fully saturated rings. The molecule has 2 aromatic rings. The van der Waals surface area contributed by atoms with Gasteiger partial charge in [0.25, 0.3) is 5.91 Å². The van der Waals surface area contributed by atoms with Gasteiger partial charge in [0.1, 0.15) is 10.1 Å². The Labute approximate surface area is 197 Å². The lowest BCUT2D eigenvalue weighted by Crippen LogP contribution is -2.27. The molecule has 0 bridgehead atoms. The minimum atomic E-state index is -0.0608. The molecule has 0 radical (unpaired) electrons. The molecule has 2 aromatic carbocycles. The minimum absolute atomic E-state index is 0.0608. The lowest BCUT2D eigenvalue weighted by molar-refractivity contribution is -0.121. The number of ether oxygens (including phenoxy) is 3. The molecule has 0 saturated carbocycles. The van der Waals surface area contributed by atoms with Crippen molar-refractivity contribution in [3.05, 3.63) is 58.0 Å². The van der Waals surface area contributed by atoms with Gasteiger partial charge in [0.05, 0.1) is 29.7 Å². The number of carbonyl (C=O) groups excluding carboxylic acids is 1. The summed E-state index contributed by atoms with van der Waals surface area (Å²) in [6, 6.07) is 13.0. The second-order valence-electron chi connectivity index (χ2n) is 6.55. The number of para-hydroxylation sites is 1. The Morgan fingerprint density at radius 2 is 1.77 bits per heavy atom. The number of hydrogen-bond donors (Lipinski definition) is 0. The molecule has 0 N–H and O–H groups in total. The molecule has 3 rings (SSSR count). The number of halogens is 1. The Balaban J connectivity index is 1.60. The maximum Gasteiger partial charge on any atom is 0.266 e. The Morgan fingerprint density at radius 1 is 1.03 bits per heavy atom. The fourth-order valence-electron chi connectivity index (χ4n) is 2.91. The first-order chi connectivity index (χ1) is 15.0. The third kappa shape index (κ3) is 6.15. The van der Waals surface area contributed by atoms with E-state index in [1.54, 1.807) is 11.0 Å². The molecule has 1 aliphatic rings. The number of hydrogen-bond acceptors (Lipinski definition) is 6.